The highest BCUT2D eigenvalue weighted by Crippen LogP contribution is 2.31. The Hall–Kier alpha value is -2.10. The molecule has 0 amide bonds. The van der Waals surface area contributed by atoms with Crippen LogP contribution in [0.5, 0.6) is 0 Å². The molecule has 1 heterocycles. The molecule has 0 atom stereocenters. The summed E-state index contributed by atoms with van der Waals surface area (Å²) >= 11 is 0. The monoisotopic (exact) mass is 315 g/mol. The summed E-state index contributed by atoms with van der Waals surface area (Å²) in [5, 5.41) is 0. The van der Waals surface area contributed by atoms with Crippen molar-refractivity contribution in [3.05, 3.63) is 35.7 Å². The molecule has 2 rings (SSSR count). The number of benzene rings is 1. The summed E-state index contributed by atoms with van der Waals surface area (Å²) in [7, 11) is 0. The molecule has 0 spiro atoms. The van der Waals surface area contributed by atoms with Crippen LogP contribution in [0.3, 0.4) is 0 Å². The zero-order valence-corrected chi connectivity index (χ0v) is 14.4. The third kappa shape index (κ3) is 4.44. The predicted octanol–water partition coefficient (Wildman–Crippen LogP) is 4.77. The van der Waals surface area contributed by atoms with E-state index in [-0.39, 0.29) is 11.4 Å². The van der Waals surface area contributed by atoms with Crippen LogP contribution in [0.15, 0.2) is 28.7 Å². The van der Waals surface area contributed by atoms with Gasteiger partial charge in [0.1, 0.15) is 5.52 Å². The first-order valence-electron chi connectivity index (χ1n) is 8.24. The van der Waals surface area contributed by atoms with Crippen molar-refractivity contribution >= 4 is 23.1 Å². The second kappa shape index (κ2) is 7.44. The van der Waals surface area contributed by atoms with Gasteiger partial charge in [0.05, 0.1) is 6.61 Å². The third-order valence-electron chi connectivity index (χ3n) is 4.44. The zero-order chi connectivity index (χ0) is 16.9. The fourth-order valence-corrected chi connectivity index (χ4v) is 2.39. The zero-order valence-electron chi connectivity index (χ0n) is 14.4. The van der Waals surface area contributed by atoms with Crippen molar-refractivity contribution < 1.29 is 13.9 Å². The van der Waals surface area contributed by atoms with Crippen molar-refractivity contribution in [2.24, 2.45) is 5.41 Å². The van der Waals surface area contributed by atoms with Gasteiger partial charge in [0, 0.05) is 12.5 Å². The fraction of sp³-hybridized carbons (Fsp3) is 0.474. The quantitative estimate of drug-likeness (QED) is 0.545. The Kier molecular flexibility index (Phi) is 5.59. The van der Waals surface area contributed by atoms with Crippen LogP contribution in [0, 0.1) is 5.41 Å². The van der Waals surface area contributed by atoms with Crippen molar-refractivity contribution in [2.75, 3.05) is 6.61 Å². The average molecular weight is 315 g/mol. The molecule has 0 saturated carbocycles. The van der Waals surface area contributed by atoms with E-state index in [0.717, 1.165) is 41.8 Å². The molecule has 124 valence electrons. The second-order valence-corrected chi connectivity index (χ2v) is 6.11. The minimum Gasteiger partial charge on any atom is -0.463 e. The number of ether oxygens (including phenoxy) is 1. The Balaban J connectivity index is 2.19. The molecule has 0 aliphatic heterocycles. The van der Waals surface area contributed by atoms with E-state index in [4.69, 9.17) is 9.15 Å². The average Bonchev–Trinajstić information content (AvgIpc) is 2.94. The van der Waals surface area contributed by atoms with Gasteiger partial charge in [0.15, 0.2) is 11.5 Å². The largest absolute Gasteiger partial charge is 0.463 e. The maximum absolute atomic E-state index is 11.4. The molecule has 0 radical (unpaired) electrons. The number of nitrogens with zero attached hydrogens (tertiary/aromatic N) is 1. The first kappa shape index (κ1) is 17.3. The van der Waals surface area contributed by atoms with E-state index >= 15 is 0 Å². The lowest BCUT2D eigenvalue weighted by Crippen LogP contribution is -2.17. The van der Waals surface area contributed by atoms with Gasteiger partial charge >= 0.3 is 5.97 Å². The number of carbonyl (C=O) groups is 1. The molecule has 0 unspecified atom stereocenters. The molecular formula is C19H25NO3. The number of fused-ring (bicyclic) bond motifs is 1. The summed E-state index contributed by atoms with van der Waals surface area (Å²) in [6.07, 6.45) is 6.18. The van der Waals surface area contributed by atoms with Crippen LogP contribution in [-0.2, 0) is 16.0 Å². The first-order chi connectivity index (χ1) is 11.0. The maximum atomic E-state index is 11.4. The van der Waals surface area contributed by atoms with E-state index in [0.29, 0.717) is 6.61 Å². The predicted molar refractivity (Wildman–Crippen MR) is 92.1 cm³/mol. The van der Waals surface area contributed by atoms with Crippen LogP contribution in [0.4, 0.5) is 0 Å². The number of rotatable bonds is 7. The molecule has 4 heteroatoms. The van der Waals surface area contributed by atoms with Crippen LogP contribution in [0.25, 0.3) is 17.2 Å². The van der Waals surface area contributed by atoms with E-state index in [2.05, 4.69) is 25.8 Å². The summed E-state index contributed by atoms with van der Waals surface area (Å²) in [4.78, 5) is 16.0. The highest BCUT2D eigenvalue weighted by Gasteiger charge is 2.23. The normalized spacial score (nSPS) is 12.2. The molecule has 4 nitrogen and oxygen atoms in total. The van der Waals surface area contributed by atoms with E-state index < -0.39 is 0 Å². The van der Waals surface area contributed by atoms with Gasteiger partial charge in [-0.2, -0.15) is 0 Å². The lowest BCUT2D eigenvalue weighted by molar-refractivity contribution is -0.137. The maximum Gasteiger partial charge on any atom is 0.330 e. The Morgan fingerprint density at radius 1 is 1.30 bits per heavy atom. The Morgan fingerprint density at radius 3 is 2.70 bits per heavy atom. The van der Waals surface area contributed by atoms with Gasteiger partial charge in [-0.1, -0.05) is 39.7 Å². The third-order valence-corrected chi connectivity index (χ3v) is 4.44. The minimum atomic E-state index is -0.338. The summed E-state index contributed by atoms with van der Waals surface area (Å²) < 4.78 is 10.7. The number of esters is 1. The highest BCUT2D eigenvalue weighted by atomic mass is 16.5. The lowest BCUT2D eigenvalue weighted by Gasteiger charge is -2.24. The number of carbonyl (C=O) groups excluding carboxylic acids is 1. The topological polar surface area (TPSA) is 52.3 Å². The second-order valence-electron chi connectivity index (χ2n) is 6.11. The first-order valence-corrected chi connectivity index (χ1v) is 8.24. The molecular weight excluding hydrogens is 290 g/mol. The Morgan fingerprint density at radius 2 is 2.04 bits per heavy atom. The van der Waals surface area contributed by atoms with Crippen molar-refractivity contribution in [2.45, 2.75) is 47.0 Å². The van der Waals surface area contributed by atoms with Crippen LogP contribution in [0.1, 0.15) is 52.0 Å². The van der Waals surface area contributed by atoms with E-state index in [1.54, 1.807) is 13.0 Å². The van der Waals surface area contributed by atoms with Crippen molar-refractivity contribution in [1.29, 1.82) is 0 Å². The summed E-state index contributed by atoms with van der Waals surface area (Å²) in [6, 6.07) is 5.73. The van der Waals surface area contributed by atoms with Crippen LogP contribution >= 0.6 is 0 Å². The lowest BCUT2D eigenvalue weighted by atomic mass is 9.81. The Labute approximate surface area is 137 Å². The summed E-state index contributed by atoms with van der Waals surface area (Å²) in [5.74, 6) is 0.438. The summed E-state index contributed by atoms with van der Waals surface area (Å²) in [6.45, 7) is 8.82. The van der Waals surface area contributed by atoms with Crippen LogP contribution < -0.4 is 0 Å². The van der Waals surface area contributed by atoms with E-state index in [9.17, 15) is 4.79 Å². The molecule has 2 aromatic rings. The van der Waals surface area contributed by atoms with Gasteiger partial charge in [0.2, 0.25) is 0 Å². The molecule has 1 aromatic carbocycles. The van der Waals surface area contributed by atoms with Gasteiger partial charge in [-0.3, -0.25) is 0 Å². The number of aromatic nitrogens is 1. The molecule has 0 aliphatic rings. The standard InChI is InChI=1S/C19H25NO3/c1-5-19(4,6-2)13-17-20-15-12-14(8-10-16(15)23-17)9-11-18(21)22-7-3/h8-12H,5-7,13H2,1-4H3/b11-9+. The minimum absolute atomic E-state index is 0.216. The number of hydrogen-bond donors (Lipinski definition) is 0. The Bertz CT molecular complexity index is 696. The number of oxazole rings is 1. The van der Waals surface area contributed by atoms with Crippen molar-refractivity contribution in [1.82, 2.24) is 4.98 Å². The van der Waals surface area contributed by atoms with Gasteiger partial charge in [-0.25, -0.2) is 9.78 Å². The van der Waals surface area contributed by atoms with E-state index in [1.807, 2.05) is 18.2 Å². The summed E-state index contributed by atoms with van der Waals surface area (Å²) in [5.41, 5.74) is 2.72. The van der Waals surface area contributed by atoms with Gasteiger partial charge in [-0.05, 0) is 36.1 Å². The fourth-order valence-electron chi connectivity index (χ4n) is 2.39. The van der Waals surface area contributed by atoms with Gasteiger partial charge in [-0.15, -0.1) is 0 Å². The van der Waals surface area contributed by atoms with Crippen LogP contribution in [0.2, 0.25) is 0 Å². The van der Waals surface area contributed by atoms with Crippen molar-refractivity contribution in [3.63, 3.8) is 0 Å². The molecule has 23 heavy (non-hydrogen) atoms. The molecule has 0 saturated heterocycles. The van der Waals surface area contributed by atoms with Gasteiger partial charge in [0.25, 0.3) is 0 Å². The highest BCUT2D eigenvalue weighted by molar-refractivity contribution is 5.88. The van der Waals surface area contributed by atoms with Gasteiger partial charge < -0.3 is 9.15 Å². The van der Waals surface area contributed by atoms with Crippen molar-refractivity contribution in [3.8, 4) is 0 Å². The van der Waals surface area contributed by atoms with E-state index in [1.165, 1.54) is 6.08 Å². The number of hydrogen-bond acceptors (Lipinski definition) is 4. The van der Waals surface area contributed by atoms with Crippen LogP contribution in [-0.4, -0.2) is 17.6 Å². The molecule has 1 aromatic heterocycles. The molecule has 0 bridgehead atoms. The smallest absolute Gasteiger partial charge is 0.330 e. The molecule has 0 aliphatic carbocycles. The molecule has 0 fully saturated rings. The SMILES string of the molecule is CCOC(=O)/C=C/c1ccc2oc(CC(C)(CC)CC)nc2c1. The molecule has 0 N–H and O–H groups in total.